The first kappa shape index (κ1) is 14.8. The maximum atomic E-state index is 14.2. The van der Waals surface area contributed by atoms with E-state index in [9.17, 15) is 4.39 Å². The van der Waals surface area contributed by atoms with Gasteiger partial charge in [0.25, 0.3) is 0 Å². The van der Waals surface area contributed by atoms with E-state index in [0.717, 1.165) is 6.54 Å². The van der Waals surface area contributed by atoms with Gasteiger partial charge in [-0.15, -0.1) is 0 Å². The van der Waals surface area contributed by atoms with E-state index in [1.54, 1.807) is 12.1 Å². The topological polar surface area (TPSA) is 70.6 Å². The van der Waals surface area contributed by atoms with Crippen molar-refractivity contribution in [2.24, 2.45) is 22.2 Å². The Kier molecular flexibility index (Phi) is 4.28. The van der Waals surface area contributed by atoms with Crippen LogP contribution in [0, 0.1) is 17.2 Å². The number of oxime groups is 1. The number of halogens is 1. The van der Waals surface area contributed by atoms with Crippen LogP contribution < -0.4 is 11.1 Å². The quantitative estimate of drug-likeness (QED) is 0.324. The first-order valence-electron chi connectivity index (χ1n) is 6.96. The maximum Gasteiger partial charge on any atom is 0.173 e. The Hall–Kier alpha value is -1.62. The largest absolute Gasteiger partial charge is 0.409 e. The number of hydrogen-bond donors (Lipinski definition) is 3. The lowest BCUT2D eigenvalue weighted by Gasteiger charge is -2.20. The average Bonchev–Trinajstić information content (AvgIpc) is 3.21. The molecule has 1 aromatic rings. The monoisotopic (exact) mass is 279 g/mol. The second kappa shape index (κ2) is 5.79. The fourth-order valence-corrected chi connectivity index (χ4v) is 2.53. The molecule has 5 heteroatoms. The molecule has 0 saturated heterocycles. The highest BCUT2D eigenvalue weighted by Crippen LogP contribution is 2.51. The molecule has 0 atom stereocenters. The van der Waals surface area contributed by atoms with E-state index in [1.807, 2.05) is 0 Å². The first-order valence-corrected chi connectivity index (χ1v) is 6.96. The number of nitrogens with two attached hydrogens (primary N) is 1. The molecule has 0 heterocycles. The van der Waals surface area contributed by atoms with Crippen molar-refractivity contribution in [3.63, 3.8) is 0 Å². The molecule has 1 fully saturated rings. The standard InChI is InChI=1S/C15H22FN3O/c1-10(2)15(6-7-15)9-18-8-11-4-3-5-12(13(11)16)14(17)19-20/h3-5,10,18,20H,6-9H2,1-2H3,(H2,17,19). The highest BCUT2D eigenvalue weighted by molar-refractivity contribution is 5.97. The molecule has 0 bridgehead atoms. The Labute approximate surface area is 118 Å². The fraction of sp³-hybridized carbons (Fsp3) is 0.533. The summed E-state index contributed by atoms with van der Waals surface area (Å²) in [5.41, 5.74) is 6.51. The third-order valence-electron chi connectivity index (χ3n) is 4.37. The van der Waals surface area contributed by atoms with Gasteiger partial charge in [0.05, 0.1) is 5.56 Å². The molecule has 1 aliphatic rings. The van der Waals surface area contributed by atoms with Gasteiger partial charge in [0, 0.05) is 18.7 Å². The Morgan fingerprint density at radius 2 is 2.20 bits per heavy atom. The van der Waals surface area contributed by atoms with Crippen LogP contribution in [0.3, 0.4) is 0 Å². The summed E-state index contributed by atoms with van der Waals surface area (Å²) in [4.78, 5) is 0. The molecule has 1 aromatic carbocycles. The predicted molar refractivity (Wildman–Crippen MR) is 77.1 cm³/mol. The second-order valence-corrected chi connectivity index (χ2v) is 5.88. The molecule has 4 N–H and O–H groups in total. The molecule has 1 aliphatic carbocycles. The van der Waals surface area contributed by atoms with Gasteiger partial charge in [-0.2, -0.15) is 0 Å². The van der Waals surface area contributed by atoms with Gasteiger partial charge in [-0.05, 0) is 30.2 Å². The van der Waals surface area contributed by atoms with Crippen LogP contribution in [0.1, 0.15) is 37.8 Å². The highest BCUT2D eigenvalue weighted by atomic mass is 19.1. The van der Waals surface area contributed by atoms with E-state index in [2.05, 4.69) is 24.3 Å². The van der Waals surface area contributed by atoms with E-state index in [1.165, 1.54) is 18.9 Å². The Morgan fingerprint density at radius 3 is 2.75 bits per heavy atom. The molecule has 0 amide bonds. The van der Waals surface area contributed by atoms with Crippen molar-refractivity contribution < 1.29 is 9.60 Å². The van der Waals surface area contributed by atoms with Gasteiger partial charge in [0.1, 0.15) is 5.82 Å². The van der Waals surface area contributed by atoms with Gasteiger partial charge in [0.2, 0.25) is 0 Å². The van der Waals surface area contributed by atoms with Crippen molar-refractivity contribution in [3.8, 4) is 0 Å². The smallest absolute Gasteiger partial charge is 0.173 e. The summed E-state index contributed by atoms with van der Waals surface area (Å²) < 4.78 is 14.2. The summed E-state index contributed by atoms with van der Waals surface area (Å²) >= 11 is 0. The summed E-state index contributed by atoms with van der Waals surface area (Å²) in [5.74, 6) is 0.0123. The minimum atomic E-state index is -0.426. The van der Waals surface area contributed by atoms with Crippen molar-refractivity contribution in [3.05, 3.63) is 35.1 Å². The predicted octanol–water partition coefficient (Wildman–Crippen LogP) is 2.45. The van der Waals surface area contributed by atoms with E-state index in [0.29, 0.717) is 23.4 Å². The molecule has 0 aliphatic heterocycles. The molecule has 20 heavy (non-hydrogen) atoms. The van der Waals surface area contributed by atoms with Gasteiger partial charge in [0.15, 0.2) is 5.84 Å². The van der Waals surface area contributed by atoms with Gasteiger partial charge in [-0.1, -0.05) is 31.1 Å². The summed E-state index contributed by atoms with van der Waals surface area (Å²) in [5, 5.41) is 14.8. The van der Waals surface area contributed by atoms with E-state index >= 15 is 0 Å². The molecule has 4 nitrogen and oxygen atoms in total. The second-order valence-electron chi connectivity index (χ2n) is 5.88. The van der Waals surface area contributed by atoms with Crippen molar-refractivity contribution >= 4 is 5.84 Å². The minimum Gasteiger partial charge on any atom is -0.409 e. The molecule has 0 radical (unpaired) electrons. The van der Waals surface area contributed by atoms with E-state index in [4.69, 9.17) is 10.9 Å². The van der Waals surface area contributed by atoms with Gasteiger partial charge < -0.3 is 16.3 Å². The Balaban J connectivity index is 2.00. The lowest BCUT2D eigenvalue weighted by Crippen LogP contribution is -2.28. The average molecular weight is 279 g/mol. The SMILES string of the molecule is CC(C)C1(CNCc2cccc(/C(N)=N/O)c2F)CC1. The number of nitrogens with zero attached hydrogens (tertiary/aromatic N) is 1. The lowest BCUT2D eigenvalue weighted by atomic mass is 9.92. The molecular formula is C15H22FN3O. The van der Waals surface area contributed by atoms with Crippen LogP contribution in [0.4, 0.5) is 4.39 Å². The minimum absolute atomic E-state index is 0.136. The number of amidine groups is 1. The molecule has 2 rings (SSSR count). The third kappa shape index (κ3) is 2.93. The normalized spacial score (nSPS) is 17.5. The summed E-state index contributed by atoms with van der Waals surface area (Å²) in [6.07, 6.45) is 2.48. The highest BCUT2D eigenvalue weighted by Gasteiger charge is 2.44. The zero-order valence-electron chi connectivity index (χ0n) is 12.0. The molecular weight excluding hydrogens is 257 g/mol. The maximum absolute atomic E-state index is 14.2. The van der Waals surface area contributed by atoms with Gasteiger partial charge in [-0.25, -0.2) is 4.39 Å². The van der Waals surface area contributed by atoms with E-state index in [-0.39, 0.29) is 11.4 Å². The van der Waals surface area contributed by atoms with Gasteiger partial charge >= 0.3 is 0 Å². The van der Waals surface area contributed by atoms with Crippen molar-refractivity contribution in [1.29, 1.82) is 0 Å². The summed E-state index contributed by atoms with van der Waals surface area (Å²) in [6, 6.07) is 4.93. The number of nitrogens with one attached hydrogen (secondary N) is 1. The molecule has 0 unspecified atom stereocenters. The van der Waals surface area contributed by atoms with Crippen LogP contribution in [0.25, 0.3) is 0 Å². The van der Waals surface area contributed by atoms with Crippen LogP contribution in [0.15, 0.2) is 23.4 Å². The Bertz CT molecular complexity index is 510. The summed E-state index contributed by atoms with van der Waals surface area (Å²) in [6.45, 7) is 5.81. The fourth-order valence-electron chi connectivity index (χ4n) is 2.53. The zero-order chi connectivity index (χ0) is 14.8. The lowest BCUT2D eigenvalue weighted by molar-refractivity contribution is 0.318. The molecule has 110 valence electrons. The van der Waals surface area contributed by atoms with E-state index < -0.39 is 5.82 Å². The molecule has 1 saturated carbocycles. The van der Waals surface area contributed by atoms with Crippen LogP contribution >= 0.6 is 0 Å². The molecule has 0 aromatic heterocycles. The van der Waals surface area contributed by atoms with Crippen molar-refractivity contribution in [1.82, 2.24) is 5.32 Å². The van der Waals surface area contributed by atoms with Crippen LogP contribution in [0.5, 0.6) is 0 Å². The first-order chi connectivity index (χ1) is 9.50. The van der Waals surface area contributed by atoms with Crippen molar-refractivity contribution in [2.75, 3.05) is 6.54 Å². The van der Waals surface area contributed by atoms with Crippen LogP contribution in [-0.4, -0.2) is 17.6 Å². The number of rotatable bonds is 6. The van der Waals surface area contributed by atoms with Gasteiger partial charge in [-0.3, -0.25) is 0 Å². The van der Waals surface area contributed by atoms with Crippen molar-refractivity contribution in [2.45, 2.75) is 33.2 Å². The summed E-state index contributed by atoms with van der Waals surface area (Å²) in [7, 11) is 0. The molecule has 0 spiro atoms. The third-order valence-corrected chi connectivity index (χ3v) is 4.37. The number of hydrogen-bond acceptors (Lipinski definition) is 3. The Morgan fingerprint density at radius 1 is 1.50 bits per heavy atom. The zero-order valence-corrected chi connectivity index (χ0v) is 12.0. The van der Waals surface area contributed by atoms with Crippen LogP contribution in [0.2, 0.25) is 0 Å². The van der Waals surface area contributed by atoms with Crippen LogP contribution in [-0.2, 0) is 6.54 Å². The number of benzene rings is 1.